The van der Waals surface area contributed by atoms with Gasteiger partial charge in [0.25, 0.3) is 11.8 Å². The summed E-state index contributed by atoms with van der Waals surface area (Å²) in [5.74, 6) is -1.17. The first-order chi connectivity index (χ1) is 14.6. The van der Waals surface area contributed by atoms with Gasteiger partial charge in [-0.2, -0.15) is 0 Å². The first-order valence-electron chi connectivity index (χ1n) is 9.61. The Labute approximate surface area is 173 Å². The maximum atomic E-state index is 12.6. The van der Waals surface area contributed by atoms with E-state index in [4.69, 9.17) is 9.15 Å². The molecule has 2 aromatic carbocycles. The minimum Gasteiger partial charge on any atom is -0.459 e. The number of hydrogen-bond donors (Lipinski definition) is 2. The lowest BCUT2D eigenvalue weighted by Gasteiger charge is -2.18. The molecule has 1 aliphatic carbocycles. The summed E-state index contributed by atoms with van der Waals surface area (Å²) in [6.45, 7) is 0. The topological polar surface area (TPSA) is 97.6 Å². The Morgan fingerprint density at radius 1 is 0.933 bits per heavy atom. The molecule has 0 radical (unpaired) electrons. The third-order valence-corrected chi connectivity index (χ3v) is 4.61. The van der Waals surface area contributed by atoms with E-state index in [-0.39, 0.29) is 23.3 Å². The van der Waals surface area contributed by atoms with Crippen LogP contribution in [0.15, 0.2) is 77.4 Å². The molecule has 0 saturated heterocycles. The fourth-order valence-corrected chi connectivity index (χ4v) is 2.87. The highest BCUT2D eigenvalue weighted by Gasteiger charge is 2.31. The monoisotopic (exact) mass is 404 g/mol. The van der Waals surface area contributed by atoms with Crippen molar-refractivity contribution in [2.45, 2.75) is 25.0 Å². The van der Waals surface area contributed by atoms with E-state index < -0.39 is 18.0 Å². The van der Waals surface area contributed by atoms with Crippen molar-refractivity contribution in [2.24, 2.45) is 0 Å². The van der Waals surface area contributed by atoms with Crippen molar-refractivity contribution in [3.8, 4) is 0 Å². The molecule has 3 aromatic rings. The molecule has 0 unspecified atom stereocenters. The van der Waals surface area contributed by atoms with Crippen LogP contribution in [0.1, 0.15) is 45.4 Å². The Balaban J connectivity index is 1.44. The number of hydrogen-bond acceptors (Lipinski definition) is 5. The van der Waals surface area contributed by atoms with E-state index in [0.29, 0.717) is 11.3 Å². The zero-order valence-electron chi connectivity index (χ0n) is 16.0. The van der Waals surface area contributed by atoms with Gasteiger partial charge in [-0.3, -0.25) is 9.59 Å². The van der Waals surface area contributed by atoms with E-state index in [9.17, 15) is 14.4 Å². The maximum Gasteiger partial charge on any atom is 0.339 e. The zero-order valence-corrected chi connectivity index (χ0v) is 16.0. The predicted octanol–water partition coefficient (Wildman–Crippen LogP) is 3.71. The molecule has 1 atom stereocenters. The quantitative estimate of drug-likeness (QED) is 0.585. The van der Waals surface area contributed by atoms with Crippen LogP contribution in [0.4, 0.5) is 5.69 Å². The molecule has 7 heteroatoms. The molecule has 1 aliphatic rings. The molecule has 1 heterocycles. The number of nitrogens with one attached hydrogen (secondary N) is 2. The number of furan rings is 1. The van der Waals surface area contributed by atoms with E-state index in [1.54, 1.807) is 48.5 Å². The largest absolute Gasteiger partial charge is 0.459 e. The van der Waals surface area contributed by atoms with E-state index in [1.807, 2.05) is 6.07 Å². The average Bonchev–Trinajstić information content (AvgIpc) is 3.40. The number of ether oxygens (including phenoxy) is 1. The molecule has 7 nitrogen and oxygen atoms in total. The summed E-state index contributed by atoms with van der Waals surface area (Å²) in [7, 11) is 0. The molecule has 0 aliphatic heterocycles. The van der Waals surface area contributed by atoms with Gasteiger partial charge >= 0.3 is 5.97 Å². The van der Waals surface area contributed by atoms with E-state index in [0.717, 1.165) is 12.8 Å². The Hall–Kier alpha value is -3.87. The molecular weight excluding hydrogens is 384 g/mol. The van der Waals surface area contributed by atoms with Gasteiger partial charge in [0.2, 0.25) is 6.10 Å². The maximum absolute atomic E-state index is 12.6. The van der Waals surface area contributed by atoms with Crippen LogP contribution in [0.5, 0.6) is 0 Å². The molecule has 152 valence electrons. The fourth-order valence-electron chi connectivity index (χ4n) is 2.87. The summed E-state index contributed by atoms with van der Waals surface area (Å²) >= 11 is 0. The fraction of sp³-hybridized carbons (Fsp3) is 0.174. The van der Waals surface area contributed by atoms with E-state index in [2.05, 4.69) is 10.6 Å². The van der Waals surface area contributed by atoms with Crippen molar-refractivity contribution in [1.29, 1.82) is 0 Å². The van der Waals surface area contributed by atoms with Crippen LogP contribution in [0, 0.1) is 0 Å². The number of benzene rings is 2. The van der Waals surface area contributed by atoms with Crippen molar-refractivity contribution in [3.63, 3.8) is 0 Å². The summed E-state index contributed by atoms with van der Waals surface area (Å²) in [5.41, 5.74) is 1.37. The lowest BCUT2D eigenvalue weighted by molar-refractivity contribution is -0.130. The molecule has 0 spiro atoms. The van der Waals surface area contributed by atoms with E-state index in [1.165, 1.54) is 18.4 Å². The highest BCUT2D eigenvalue weighted by Crippen LogP contribution is 2.24. The second-order valence-electron chi connectivity index (χ2n) is 6.99. The van der Waals surface area contributed by atoms with Crippen LogP contribution in [0.2, 0.25) is 0 Å². The lowest BCUT2D eigenvalue weighted by atomic mass is 10.1. The average molecular weight is 404 g/mol. The normalized spacial score (nSPS) is 13.9. The van der Waals surface area contributed by atoms with Gasteiger partial charge in [0.1, 0.15) is 0 Å². The van der Waals surface area contributed by atoms with Crippen LogP contribution in [-0.2, 0) is 9.53 Å². The molecule has 30 heavy (non-hydrogen) atoms. The number of carbonyl (C=O) groups excluding carboxylic acids is 3. The van der Waals surface area contributed by atoms with Crippen LogP contribution >= 0.6 is 0 Å². The smallest absolute Gasteiger partial charge is 0.339 e. The second kappa shape index (κ2) is 8.65. The van der Waals surface area contributed by atoms with Crippen molar-refractivity contribution >= 4 is 23.5 Å². The van der Waals surface area contributed by atoms with Gasteiger partial charge in [0, 0.05) is 17.3 Å². The first kappa shape index (κ1) is 19.4. The molecular formula is C23H20N2O5. The lowest BCUT2D eigenvalue weighted by Crippen LogP contribution is -2.33. The third kappa shape index (κ3) is 4.75. The number of anilines is 1. The van der Waals surface area contributed by atoms with Crippen molar-refractivity contribution in [2.75, 3.05) is 5.32 Å². The SMILES string of the molecule is O=C(O[C@H](C(=O)NC1CC1)c1ccccc1)c1ccc(NC(=O)c2ccco2)cc1. The van der Waals surface area contributed by atoms with Gasteiger partial charge in [-0.15, -0.1) is 0 Å². The first-order valence-corrected chi connectivity index (χ1v) is 9.61. The number of amides is 2. The summed E-state index contributed by atoms with van der Waals surface area (Å²) < 4.78 is 10.6. The van der Waals surface area contributed by atoms with Crippen LogP contribution in [-0.4, -0.2) is 23.8 Å². The summed E-state index contributed by atoms with van der Waals surface area (Å²) in [4.78, 5) is 37.3. The van der Waals surface area contributed by atoms with E-state index >= 15 is 0 Å². The number of carbonyl (C=O) groups is 3. The Kier molecular flexibility index (Phi) is 5.61. The zero-order chi connectivity index (χ0) is 20.9. The van der Waals surface area contributed by atoms with Crippen LogP contribution in [0.25, 0.3) is 0 Å². The highest BCUT2D eigenvalue weighted by atomic mass is 16.5. The molecule has 1 aromatic heterocycles. The van der Waals surface area contributed by atoms with Gasteiger partial charge in [-0.05, 0) is 49.2 Å². The van der Waals surface area contributed by atoms with Gasteiger partial charge < -0.3 is 19.8 Å². The number of rotatable bonds is 7. The Morgan fingerprint density at radius 3 is 2.30 bits per heavy atom. The Morgan fingerprint density at radius 2 is 1.67 bits per heavy atom. The minimum absolute atomic E-state index is 0.152. The summed E-state index contributed by atoms with van der Waals surface area (Å²) in [6.07, 6.45) is 2.26. The van der Waals surface area contributed by atoms with Gasteiger partial charge in [-0.1, -0.05) is 30.3 Å². The summed E-state index contributed by atoms with van der Waals surface area (Å²) in [5, 5.41) is 5.56. The molecule has 4 rings (SSSR count). The highest BCUT2D eigenvalue weighted by molar-refractivity contribution is 6.02. The van der Waals surface area contributed by atoms with Gasteiger partial charge in [-0.25, -0.2) is 4.79 Å². The van der Waals surface area contributed by atoms with Crippen molar-refractivity contribution < 1.29 is 23.5 Å². The van der Waals surface area contributed by atoms with Crippen molar-refractivity contribution in [3.05, 3.63) is 89.9 Å². The minimum atomic E-state index is -1.03. The second-order valence-corrected chi connectivity index (χ2v) is 6.99. The third-order valence-electron chi connectivity index (χ3n) is 4.61. The molecule has 2 amide bonds. The van der Waals surface area contributed by atoms with Gasteiger partial charge in [0.15, 0.2) is 5.76 Å². The molecule has 2 N–H and O–H groups in total. The van der Waals surface area contributed by atoms with Crippen molar-refractivity contribution in [1.82, 2.24) is 5.32 Å². The molecule has 1 saturated carbocycles. The predicted molar refractivity (Wildman–Crippen MR) is 109 cm³/mol. The standard InChI is InChI=1S/C23H20N2O5/c26-21(19-7-4-14-29-19)24-17-10-8-16(9-11-17)23(28)30-20(15-5-2-1-3-6-15)22(27)25-18-12-13-18/h1-11,14,18,20H,12-13H2,(H,24,26)(H,25,27)/t20-/m0/s1. The van der Waals surface area contributed by atoms with Gasteiger partial charge in [0.05, 0.1) is 11.8 Å². The summed E-state index contributed by atoms with van der Waals surface area (Å²) in [6, 6.07) is 18.5. The molecule has 0 bridgehead atoms. The van der Waals surface area contributed by atoms with Crippen LogP contribution in [0.3, 0.4) is 0 Å². The number of esters is 1. The Bertz CT molecular complexity index is 1030. The van der Waals surface area contributed by atoms with Crippen LogP contribution < -0.4 is 10.6 Å². The molecule has 1 fully saturated rings.